The molecule has 0 aromatic heterocycles. The van der Waals surface area contributed by atoms with Gasteiger partial charge in [0.05, 0.1) is 13.2 Å². The highest BCUT2D eigenvalue weighted by Gasteiger charge is 2.46. The first-order chi connectivity index (χ1) is 13.0. The van der Waals surface area contributed by atoms with E-state index in [-0.39, 0.29) is 0 Å². The Morgan fingerprint density at radius 3 is 1.70 bits per heavy atom. The highest BCUT2D eigenvalue weighted by atomic mass is 31.2. The predicted molar refractivity (Wildman–Crippen MR) is 119 cm³/mol. The van der Waals surface area contributed by atoms with Gasteiger partial charge >= 0.3 is 7.60 Å². The molecule has 0 aliphatic carbocycles. The van der Waals surface area contributed by atoms with E-state index < -0.39 is 12.9 Å². The van der Waals surface area contributed by atoms with Crippen LogP contribution in [0.1, 0.15) is 118 Å². The summed E-state index contributed by atoms with van der Waals surface area (Å²) in [6.45, 7) is 12.6. The van der Waals surface area contributed by atoms with Crippen LogP contribution in [0.3, 0.4) is 0 Å². The van der Waals surface area contributed by atoms with Crippen molar-refractivity contribution < 1.29 is 13.6 Å². The number of hydrogen-bond donors (Lipinski definition) is 1. The van der Waals surface area contributed by atoms with Crippen LogP contribution >= 0.6 is 7.60 Å². The lowest BCUT2D eigenvalue weighted by Gasteiger charge is -2.37. The Labute approximate surface area is 170 Å². The summed E-state index contributed by atoms with van der Waals surface area (Å²) < 4.78 is 25.7. The van der Waals surface area contributed by atoms with E-state index in [1.54, 1.807) is 0 Å². The lowest BCUT2D eigenvalue weighted by Crippen LogP contribution is -2.44. The third kappa shape index (κ3) is 11.6. The molecule has 5 heteroatoms. The first-order valence-corrected chi connectivity index (χ1v) is 13.2. The van der Waals surface area contributed by atoms with Crippen LogP contribution in [-0.2, 0) is 13.6 Å². The van der Waals surface area contributed by atoms with Gasteiger partial charge in [-0.3, -0.25) is 4.57 Å². The Kier molecular flexibility index (Phi) is 17.1. The van der Waals surface area contributed by atoms with Gasteiger partial charge in [-0.25, -0.2) is 0 Å². The monoisotopic (exact) mass is 405 g/mol. The van der Waals surface area contributed by atoms with E-state index >= 15 is 0 Å². The minimum Gasteiger partial charge on any atom is -0.307 e. The van der Waals surface area contributed by atoms with Crippen molar-refractivity contribution in [1.29, 1.82) is 0 Å². The molecule has 0 rings (SSSR count). The molecular weight excluding hydrogens is 357 g/mol. The summed E-state index contributed by atoms with van der Waals surface area (Å²) in [5.74, 6) is 0. The smallest absolute Gasteiger partial charge is 0.307 e. The minimum atomic E-state index is -3.21. The molecule has 0 aromatic rings. The molecule has 0 aliphatic rings. The second-order valence-electron chi connectivity index (χ2n) is 7.94. The van der Waals surface area contributed by atoms with Gasteiger partial charge in [0.2, 0.25) is 0 Å². The van der Waals surface area contributed by atoms with Gasteiger partial charge in [0.25, 0.3) is 0 Å². The standard InChI is InChI=1S/C22H48NO3P/c1-6-10-14-15-16-17-19-23-22(5,18-11-7-2)27(24,25-20-12-8-3)26-21-13-9-4/h23H,6-21H2,1-5H3. The lowest BCUT2D eigenvalue weighted by atomic mass is 10.1. The molecule has 0 radical (unpaired) electrons. The quantitative estimate of drug-likeness (QED) is 0.167. The van der Waals surface area contributed by atoms with Crippen molar-refractivity contribution in [3.05, 3.63) is 0 Å². The summed E-state index contributed by atoms with van der Waals surface area (Å²) in [6, 6.07) is 0. The fourth-order valence-electron chi connectivity index (χ4n) is 3.09. The van der Waals surface area contributed by atoms with Gasteiger partial charge in [-0.15, -0.1) is 0 Å². The molecule has 0 amide bonds. The van der Waals surface area contributed by atoms with E-state index in [1.807, 2.05) is 0 Å². The zero-order valence-corrected chi connectivity index (χ0v) is 19.9. The Morgan fingerprint density at radius 1 is 0.704 bits per heavy atom. The number of hydrogen-bond acceptors (Lipinski definition) is 4. The van der Waals surface area contributed by atoms with Crippen LogP contribution in [0.4, 0.5) is 0 Å². The molecule has 1 unspecified atom stereocenters. The van der Waals surface area contributed by atoms with E-state index in [2.05, 4.69) is 39.9 Å². The Hall–Kier alpha value is 0.110. The molecule has 0 bridgehead atoms. The van der Waals surface area contributed by atoms with Gasteiger partial charge in [-0.05, 0) is 39.2 Å². The maximum Gasteiger partial charge on any atom is 0.350 e. The molecule has 0 saturated carbocycles. The van der Waals surface area contributed by atoms with E-state index in [9.17, 15) is 4.57 Å². The van der Waals surface area contributed by atoms with Crippen molar-refractivity contribution in [3.8, 4) is 0 Å². The molecule has 1 N–H and O–H groups in total. The Morgan fingerprint density at radius 2 is 1.19 bits per heavy atom. The normalized spacial score (nSPS) is 14.4. The second kappa shape index (κ2) is 17.0. The molecule has 0 spiro atoms. The van der Waals surface area contributed by atoms with Gasteiger partial charge in [-0.1, -0.05) is 85.5 Å². The average molecular weight is 406 g/mol. The van der Waals surface area contributed by atoms with Crippen LogP contribution in [0.5, 0.6) is 0 Å². The van der Waals surface area contributed by atoms with Crippen molar-refractivity contribution in [2.45, 2.75) is 123 Å². The number of rotatable bonds is 20. The van der Waals surface area contributed by atoms with Crippen molar-refractivity contribution in [2.75, 3.05) is 19.8 Å². The summed E-state index contributed by atoms with van der Waals surface area (Å²) in [4.78, 5) is 0. The molecule has 0 heterocycles. The third-order valence-electron chi connectivity index (χ3n) is 5.18. The number of nitrogens with one attached hydrogen (secondary N) is 1. The molecular formula is C22H48NO3P. The maximum absolute atomic E-state index is 13.8. The van der Waals surface area contributed by atoms with Gasteiger partial charge in [0.15, 0.2) is 0 Å². The van der Waals surface area contributed by atoms with Crippen LogP contribution in [0, 0.1) is 0 Å². The molecule has 0 saturated heterocycles. The first kappa shape index (κ1) is 27.1. The highest BCUT2D eigenvalue weighted by molar-refractivity contribution is 7.55. The van der Waals surface area contributed by atoms with E-state index in [0.717, 1.165) is 57.9 Å². The largest absolute Gasteiger partial charge is 0.350 e. The van der Waals surface area contributed by atoms with Crippen LogP contribution in [0.15, 0.2) is 0 Å². The van der Waals surface area contributed by atoms with Gasteiger partial charge in [0.1, 0.15) is 5.28 Å². The summed E-state index contributed by atoms with van der Waals surface area (Å²) in [7, 11) is -3.21. The molecule has 0 fully saturated rings. The summed E-state index contributed by atoms with van der Waals surface area (Å²) in [5.41, 5.74) is 0. The van der Waals surface area contributed by atoms with Gasteiger partial charge < -0.3 is 14.4 Å². The fraction of sp³-hybridized carbons (Fsp3) is 1.00. The van der Waals surface area contributed by atoms with Crippen molar-refractivity contribution in [2.24, 2.45) is 0 Å². The maximum atomic E-state index is 13.8. The average Bonchev–Trinajstić information content (AvgIpc) is 2.66. The van der Waals surface area contributed by atoms with E-state index in [0.29, 0.717) is 13.2 Å². The Balaban J connectivity index is 4.88. The molecule has 0 aromatic carbocycles. The molecule has 4 nitrogen and oxygen atoms in total. The Bertz CT molecular complexity index is 365. The molecule has 164 valence electrons. The van der Waals surface area contributed by atoms with Crippen molar-refractivity contribution >= 4 is 7.60 Å². The topological polar surface area (TPSA) is 47.6 Å². The van der Waals surface area contributed by atoms with Crippen molar-refractivity contribution in [3.63, 3.8) is 0 Å². The predicted octanol–water partition coefficient (Wildman–Crippen LogP) is 7.67. The zero-order valence-electron chi connectivity index (χ0n) is 19.0. The minimum absolute atomic E-state index is 0.514. The molecule has 0 aliphatic heterocycles. The van der Waals surface area contributed by atoms with Crippen LogP contribution in [-0.4, -0.2) is 25.0 Å². The lowest BCUT2D eigenvalue weighted by molar-refractivity contribution is 0.169. The highest BCUT2D eigenvalue weighted by Crippen LogP contribution is 2.60. The molecule has 27 heavy (non-hydrogen) atoms. The van der Waals surface area contributed by atoms with Crippen molar-refractivity contribution in [1.82, 2.24) is 5.32 Å². The summed E-state index contributed by atoms with van der Waals surface area (Å²) in [6.07, 6.45) is 14.4. The summed E-state index contributed by atoms with van der Waals surface area (Å²) >= 11 is 0. The van der Waals surface area contributed by atoms with Crippen LogP contribution in [0.25, 0.3) is 0 Å². The zero-order chi connectivity index (χ0) is 20.4. The van der Waals surface area contributed by atoms with E-state index in [1.165, 1.54) is 32.1 Å². The molecule has 1 atom stereocenters. The first-order valence-electron chi connectivity index (χ1n) is 11.6. The van der Waals surface area contributed by atoms with Crippen LogP contribution in [0.2, 0.25) is 0 Å². The van der Waals surface area contributed by atoms with Gasteiger partial charge in [-0.2, -0.15) is 0 Å². The SMILES string of the molecule is CCCCCCCCNC(C)(CCCC)P(=O)(OCCCC)OCCCC. The van der Waals surface area contributed by atoms with Gasteiger partial charge in [0, 0.05) is 0 Å². The number of unbranched alkanes of at least 4 members (excludes halogenated alkanes) is 8. The summed E-state index contributed by atoms with van der Waals surface area (Å²) in [5, 5.41) is 3.01. The second-order valence-corrected chi connectivity index (χ2v) is 10.4. The third-order valence-corrected chi connectivity index (χ3v) is 7.81. The van der Waals surface area contributed by atoms with Crippen LogP contribution < -0.4 is 5.32 Å². The van der Waals surface area contributed by atoms with E-state index in [4.69, 9.17) is 9.05 Å². The fourth-order valence-corrected chi connectivity index (χ4v) is 5.21.